The van der Waals surface area contributed by atoms with Crippen LogP contribution in [-0.2, 0) is 12.6 Å². The highest BCUT2D eigenvalue weighted by Crippen LogP contribution is 2.29. The summed E-state index contributed by atoms with van der Waals surface area (Å²) in [5, 5.41) is 13.4. The Morgan fingerprint density at radius 2 is 1.70 bits per heavy atom. The van der Waals surface area contributed by atoms with Crippen molar-refractivity contribution in [3.63, 3.8) is 0 Å². The van der Waals surface area contributed by atoms with Gasteiger partial charge in [-0.05, 0) is 37.1 Å². The summed E-state index contributed by atoms with van der Waals surface area (Å²) < 4.78 is 37.3. The average Bonchev–Trinajstić information content (AvgIpc) is 2.26. The highest BCUT2D eigenvalue weighted by Gasteiger charge is 2.30. The minimum Gasteiger partial charge on any atom is -0.389 e. The van der Waals surface area contributed by atoms with E-state index >= 15 is 0 Å². The maximum Gasteiger partial charge on any atom is 0.416 e. The third kappa shape index (κ3) is 5.92. The Labute approximate surface area is 118 Å². The second-order valence-electron chi connectivity index (χ2n) is 5.89. The van der Waals surface area contributed by atoms with Crippen molar-refractivity contribution in [3.8, 4) is 0 Å². The average molecular weight is 289 g/mol. The lowest BCUT2D eigenvalue weighted by molar-refractivity contribution is -0.137. The molecule has 1 atom stereocenters. The summed E-state index contributed by atoms with van der Waals surface area (Å²) in [5.74, 6) is 0.483. The minimum atomic E-state index is -4.32. The highest BCUT2D eigenvalue weighted by molar-refractivity contribution is 5.25. The molecule has 0 fully saturated rings. The first kappa shape index (κ1) is 17.0. The van der Waals surface area contributed by atoms with E-state index in [1.165, 1.54) is 12.1 Å². The number of benzene rings is 1. The maximum absolute atomic E-state index is 12.4. The molecule has 2 nitrogen and oxygen atoms in total. The highest BCUT2D eigenvalue weighted by atomic mass is 19.4. The summed E-state index contributed by atoms with van der Waals surface area (Å²) in [4.78, 5) is 0. The van der Waals surface area contributed by atoms with Crippen molar-refractivity contribution in [1.29, 1.82) is 0 Å². The quantitative estimate of drug-likeness (QED) is 0.842. The smallest absolute Gasteiger partial charge is 0.389 e. The van der Waals surface area contributed by atoms with Crippen LogP contribution in [0.25, 0.3) is 0 Å². The van der Waals surface area contributed by atoms with Crippen LogP contribution in [0.4, 0.5) is 13.2 Å². The molecule has 2 N–H and O–H groups in total. The topological polar surface area (TPSA) is 32.3 Å². The predicted molar refractivity (Wildman–Crippen MR) is 73.5 cm³/mol. The van der Waals surface area contributed by atoms with E-state index < -0.39 is 17.3 Å². The van der Waals surface area contributed by atoms with Crippen LogP contribution in [0.2, 0.25) is 0 Å². The fourth-order valence-electron chi connectivity index (χ4n) is 1.94. The van der Waals surface area contributed by atoms with Crippen LogP contribution in [0.5, 0.6) is 0 Å². The Kier molecular flexibility index (Phi) is 5.59. The van der Waals surface area contributed by atoms with Crippen LogP contribution in [-0.4, -0.2) is 23.8 Å². The molecule has 0 heterocycles. The molecule has 1 aromatic rings. The number of halogens is 3. The van der Waals surface area contributed by atoms with Gasteiger partial charge in [0.1, 0.15) is 0 Å². The van der Waals surface area contributed by atoms with Gasteiger partial charge in [0, 0.05) is 13.0 Å². The van der Waals surface area contributed by atoms with Crippen LogP contribution in [0.15, 0.2) is 24.3 Å². The van der Waals surface area contributed by atoms with Crippen molar-refractivity contribution < 1.29 is 18.3 Å². The van der Waals surface area contributed by atoms with Crippen LogP contribution in [0.1, 0.15) is 31.9 Å². The van der Waals surface area contributed by atoms with Crippen molar-refractivity contribution in [2.24, 2.45) is 5.92 Å². The van der Waals surface area contributed by atoms with Gasteiger partial charge in [0.25, 0.3) is 0 Å². The molecule has 0 aliphatic heterocycles. The maximum atomic E-state index is 12.4. The third-order valence-corrected chi connectivity index (χ3v) is 2.92. The summed E-state index contributed by atoms with van der Waals surface area (Å²) in [6.07, 6.45) is -4.00. The van der Waals surface area contributed by atoms with E-state index in [4.69, 9.17) is 0 Å². The largest absolute Gasteiger partial charge is 0.416 e. The van der Waals surface area contributed by atoms with E-state index in [2.05, 4.69) is 19.2 Å². The van der Waals surface area contributed by atoms with Crippen molar-refractivity contribution in [2.75, 3.05) is 13.1 Å². The summed E-state index contributed by atoms with van der Waals surface area (Å²) in [7, 11) is 0. The predicted octanol–water partition coefficient (Wildman–Crippen LogP) is 3.24. The first-order valence-corrected chi connectivity index (χ1v) is 6.69. The van der Waals surface area contributed by atoms with Crippen LogP contribution < -0.4 is 5.32 Å². The second-order valence-corrected chi connectivity index (χ2v) is 5.89. The van der Waals surface area contributed by atoms with Gasteiger partial charge in [-0.1, -0.05) is 26.0 Å². The first-order valence-electron chi connectivity index (χ1n) is 6.69. The van der Waals surface area contributed by atoms with Gasteiger partial charge in [-0.15, -0.1) is 0 Å². The molecule has 0 saturated heterocycles. The third-order valence-electron chi connectivity index (χ3n) is 2.92. The minimum absolute atomic E-state index is 0.316. The normalized spacial score (nSPS) is 15.4. The lowest BCUT2D eigenvalue weighted by Gasteiger charge is -2.24. The molecule has 1 rings (SSSR count). The van der Waals surface area contributed by atoms with Crippen molar-refractivity contribution in [1.82, 2.24) is 5.32 Å². The fourth-order valence-corrected chi connectivity index (χ4v) is 1.94. The van der Waals surface area contributed by atoms with Gasteiger partial charge in [0.15, 0.2) is 0 Å². The Morgan fingerprint density at radius 1 is 1.15 bits per heavy atom. The zero-order valence-corrected chi connectivity index (χ0v) is 12.1. The second kappa shape index (κ2) is 6.59. The van der Waals surface area contributed by atoms with Gasteiger partial charge < -0.3 is 10.4 Å². The zero-order valence-electron chi connectivity index (χ0n) is 12.1. The molecule has 0 aliphatic carbocycles. The molecule has 1 aromatic carbocycles. The van der Waals surface area contributed by atoms with Gasteiger partial charge in [-0.25, -0.2) is 0 Å². The van der Waals surface area contributed by atoms with Crippen LogP contribution in [0.3, 0.4) is 0 Å². The molecular weight excluding hydrogens is 267 g/mol. The van der Waals surface area contributed by atoms with E-state index in [9.17, 15) is 18.3 Å². The molecule has 20 heavy (non-hydrogen) atoms. The van der Waals surface area contributed by atoms with Gasteiger partial charge in [-0.3, -0.25) is 0 Å². The first-order chi connectivity index (χ1) is 9.10. The summed E-state index contributed by atoms with van der Waals surface area (Å²) in [6.45, 7) is 7.02. The standard InChI is InChI=1S/C15H22F3NO/c1-11(2)9-19-10-14(3,20)8-12-4-6-13(7-5-12)15(16,17)18/h4-7,11,19-20H,8-10H2,1-3H3. The molecule has 114 valence electrons. The number of aliphatic hydroxyl groups is 1. The molecule has 0 saturated carbocycles. The van der Waals surface area contributed by atoms with Crippen molar-refractivity contribution in [3.05, 3.63) is 35.4 Å². The number of hydrogen-bond acceptors (Lipinski definition) is 2. The molecule has 0 radical (unpaired) electrons. The summed E-state index contributed by atoms with van der Waals surface area (Å²) >= 11 is 0. The zero-order chi connectivity index (χ0) is 15.4. The number of rotatable bonds is 6. The molecule has 1 unspecified atom stereocenters. The van der Waals surface area contributed by atoms with Gasteiger partial charge in [-0.2, -0.15) is 13.2 Å². The lowest BCUT2D eigenvalue weighted by Crippen LogP contribution is -2.40. The monoisotopic (exact) mass is 289 g/mol. The fraction of sp³-hybridized carbons (Fsp3) is 0.600. The van der Waals surface area contributed by atoms with Crippen LogP contribution in [0, 0.1) is 5.92 Å². The van der Waals surface area contributed by atoms with E-state index in [1.54, 1.807) is 6.92 Å². The SMILES string of the molecule is CC(C)CNCC(C)(O)Cc1ccc(C(F)(F)F)cc1. The Morgan fingerprint density at radius 3 is 2.15 bits per heavy atom. The van der Waals surface area contributed by atoms with Gasteiger partial charge >= 0.3 is 6.18 Å². The van der Waals surface area contributed by atoms with Gasteiger partial charge in [0.2, 0.25) is 0 Å². The Balaban J connectivity index is 2.59. The molecule has 0 amide bonds. The molecular formula is C15H22F3NO. The van der Waals surface area contributed by atoms with Crippen LogP contribution >= 0.6 is 0 Å². The van der Waals surface area contributed by atoms with E-state index in [1.807, 2.05) is 0 Å². The van der Waals surface area contributed by atoms with Crippen molar-refractivity contribution in [2.45, 2.75) is 39.0 Å². The molecule has 0 aliphatic rings. The molecule has 0 bridgehead atoms. The Bertz CT molecular complexity index is 410. The van der Waals surface area contributed by atoms with E-state index in [-0.39, 0.29) is 0 Å². The number of nitrogens with one attached hydrogen (secondary N) is 1. The lowest BCUT2D eigenvalue weighted by atomic mass is 9.95. The number of hydrogen-bond donors (Lipinski definition) is 2. The molecule has 0 spiro atoms. The Hall–Kier alpha value is -1.07. The van der Waals surface area contributed by atoms with E-state index in [0.29, 0.717) is 24.4 Å². The van der Waals surface area contributed by atoms with E-state index in [0.717, 1.165) is 18.7 Å². The summed E-state index contributed by atoms with van der Waals surface area (Å²) in [6, 6.07) is 4.93. The summed E-state index contributed by atoms with van der Waals surface area (Å²) in [5.41, 5.74) is -0.956. The number of alkyl halides is 3. The molecule has 0 aromatic heterocycles. The van der Waals surface area contributed by atoms with Gasteiger partial charge in [0.05, 0.1) is 11.2 Å². The van der Waals surface area contributed by atoms with Crippen molar-refractivity contribution >= 4 is 0 Å². The molecule has 5 heteroatoms.